The fourth-order valence-electron chi connectivity index (χ4n) is 3.94. The molecule has 3 heterocycles. The number of hydrogen-bond acceptors (Lipinski definition) is 4. The van der Waals surface area contributed by atoms with E-state index >= 15 is 0 Å². The van der Waals surface area contributed by atoms with Crippen molar-refractivity contribution in [2.24, 2.45) is 0 Å². The molecule has 6 heteroatoms. The molecule has 0 bridgehead atoms. The number of benzene rings is 1. The van der Waals surface area contributed by atoms with Crippen LogP contribution in [0.2, 0.25) is 0 Å². The summed E-state index contributed by atoms with van der Waals surface area (Å²) in [5, 5.41) is 1.26. The zero-order valence-electron chi connectivity index (χ0n) is 16.6. The van der Waals surface area contributed by atoms with Crippen LogP contribution in [-0.2, 0) is 11.2 Å². The van der Waals surface area contributed by atoms with Crippen LogP contribution in [0.5, 0.6) is 0 Å². The largest absolute Gasteiger partial charge is 0.361 e. The van der Waals surface area contributed by atoms with Gasteiger partial charge in [0, 0.05) is 61.0 Å². The number of hydrogen-bond donors (Lipinski definition) is 1. The van der Waals surface area contributed by atoms with Gasteiger partial charge in [0.1, 0.15) is 12.1 Å². The summed E-state index contributed by atoms with van der Waals surface area (Å²) in [7, 11) is 0. The molecule has 1 aliphatic rings. The molecule has 1 N–H and O–H groups in total. The van der Waals surface area contributed by atoms with E-state index in [-0.39, 0.29) is 5.91 Å². The molecule has 1 saturated heterocycles. The van der Waals surface area contributed by atoms with Gasteiger partial charge in [-0.05, 0) is 38.3 Å². The number of aromatic amines is 1. The van der Waals surface area contributed by atoms with Crippen molar-refractivity contribution in [3.05, 3.63) is 53.6 Å². The van der Waals surface area contributed by atoms with Crippen molar-refractivity contribution in [3.8, 4) is 0 Å². The van der Waals surface area contributed by atoms with Crippen LogP contribution >= 0.6 is 0 Å². The van der Waals surface area contributed by atoms with Gasteiger partial charge in [0.2, 0.25) is 5.91 Å². The molecule has 1 amide bonds. The Morgan fingerprint density at radius 3 is 2.71 bits per heavy atom. The maximum Gasteiger partial charge on any atom is 0.222 e. The van der Waals surface area contributed by atoms with Crippen LogP contribution in [0.25, 0.3) is 10.9 Å². The molecule has 2 aromatic heterocycles. The summed E-state index contributed by atoms with van der Waals surface area (Å²) in [6.45, 7) is 7.24. The van der Waals surface area contributed by atoms with Crippen molar-refractivity contribution in [2.75, 3.05) is 31.1 Å². The van der Waals surface area contributed by atoms with E-state index in [0.29, 0.717) is 6.42 Å². The molecule has 6 nitrogen and oxygen atoms in total. The predicted molar refractivity (Wildman–Crippen MR) is 112 cm³/mol. The molecule has 0 aliphatic carbocycles. The summed E-state index contributed by atoms with van der Waals surface area (Å²) in [4.78, 5) is 28.9. The first-order valence-corrected chi connectivity index (χ1v) is 9.99. The molecule has 0 spiro atoms. The fraction of sp³-hybridized carbons (Fsp3) is 0.409. The van der Waals surface area contributed by atoms with Gasteiger partial charge in [-0.1, -0.05) is 18.2 Å². The van der Waals surface area contributed by atoms with E-state index in [9.17, 15) is 4.79 Å². The highest BCUT2D eigenvalue weighted by atomic mass is 16.2. The highest BCUT2D eigenvalue weighted by molar-refractivity contribution is 5.83. The minimum Gasteiger partial charge on any atom is -0.361 e. The number of fused-ring (bicyclic) bond motifs is 1. The Labute approximate surface area is 165 Å². The lowest BCUT2D eigenvalue weighted by molar-refractivity contribution is -0.131. The normalized spacial score (nSPS) is 14.6. The zero-order valence-corrected chi connectivity index (χ0v) is 16.6. The second-order valence-electron chi connectivity index (χ2n) is 7.49. The highest BCUT2D eigenvalue weighted by Gasteiger charge is 2.23. The summed E-state index contributed by atoms with van der Waals surface area (Å²) in [6, 6.07) is 8.32. The monoisotopic (exact) mass is 377 g/mol. The van der Waals surface area contributed by atoms with Crippen molar-refractivity contribution in [3.63, 3.8) is 0 Å². The number of aromatic nitrogens is 3. The molecule has 146 valence electrons. The van der Waals surface area contributed by atoms with E-state index in [2.05, 4.69) is 51.2 Å². The minimum atomic E-state index is 0.259. The van der Waals surface area contributed by atoms with Gasteiger partial charge >= 0.3 is 0 Å². The van der Waals surface area contributed by atoms with Gasteiger partial charge in [0.25, 0.3) is 0 Å². The van der Waals surface area contributed by atoms with Gasteiger partial charge in [-0.15, -0.1) is 0 Å². The number of piperazine rings is 1. The van der Waals surface area contributed by atoms with Crippen molar-refractivity contribution in [1.29, 1.82) is 0 Å². The first-order valence-electron chi connectivity index (χ1n) is 9.99. The number of H-pyrrole nitrogens is 1. The van der Waals surface area contributed by atoms with Gasteiger partial charge < -0.3 is 14.8 Å². The highest BCUT2D eigenvalue weighted by Crippen LogP contribution is 2.21. The molecule has 0 saturated carbocycles. The van der Waals surface area contributed by atoms with Crippen LogP contribution in [0.4, 0.5) is 5.82 Å². The van der Waals surface area contributed by atoms with Gasteiger partial charge in [-0.3, -0.25) is 4.79 Å². The third kappa shape index (κ3) is 3.72. The number of amides is 1. The lowest BCUT2D eigenvalue weighted by atomic mass is 10.1. The number of para-hydroxylation sites is 1. The van der Waals surface area contributed by atoms with E-state index in [1.165, 1.54) is 10.9 Å². The number of carbonyl (C=O) groups is 1. The predicted octanol–water partition coefficient (Wildman–Crippen LogP) is 3.25. The average Bonchev–Trinajstić information content (AvgIpc) is 3.13. The first kappa shape index (κ1) is 18.5. The third-order valence-corrected chi connectivity index (χ3v) is 5.75. The van der Waals surface area contributed by atoms with Gasteiger partial charge in [0.05, 0.1) is 0 Å². The molecule has 1 aliphatic heterocycles. The number of rotatable bonds is 5. The average molecular weight is 377 g/mol. The first-order chi connectivity index (χ1) is 13.6. The Balaban J connectivity index is 1.28. The number of nitrogens with one attached hydrogen (secondary N) is 1. The maximum absolute atomic E-state index is 12.6. The van der Waals surface area contributed by atoms with Crippen LogP contribution in [0.15, 0.2) is 36.8 Å². The van der Waals surface area contributed by atoms with Gasteiger partial charge in [0.15, 0.2) is 0 Å². The van der Waals surface area contributed by atoms with Crippen LogP contribution in [0, 0.1) is 13.8 Å². The summed E-state index contributed by atoms with van der Waals surface area (Å²) in [6.07, 6.45) is 6.10. The molecule has 0 radical (unpaired) electrons. The molecule has 4 rings (SSSR count). The topological polar surface area (TPSA) is 65.1 Å². The van der Waals surface area contributed by atoms with Gasteiger partial charge in [-0.25, -0.2) is 9.97 Å². The second-order valence-corrected chi connectivity index (χ2v) is 7.49. The number of aryl methyl sites for hydroxylation is 2. The Kier molecular flexibility index (Phi) is 5.28. The second kappa shape index (κ2) is 8.00. The van der Waals surface area contributed by atoms with Crippen molar-refractivity contribution >= 4 is 22.6 Å². The van der Waals surface area contributed by atoms with Crippen molar-refractivity contribution in [2.45, 2.75) is 33.1 Å². The molecule has 3 aromatic rings. The fourth-order valence-corrected chi connectivity index (χ4v) is 3.94. The summed E-state index contributed by atoms with van der Waals surface area (Å²) >= 11 is 0. The molecule has 1 fully saturated rings. The van der Waals surface area contributed by atoms with E-state index in [1.54, 1.807) is 6.33 Å². The van der Waals surface area contributed by atoms with Crippen molar-refractivity contribution in [1.82, 2.24) is 19.9 Å². The maximum atomic E-state index is 12.6. The van der Waals surface area contributed by atoms with E-state index in [0.717, 1.165) is 61.6 Å². The van der Waals surface area contributed by atoms with Gasteiger partial charge in [-0.2, -0.15) is 0 Å². The smallest absolute Gasteiger partial charge is 0.222 e. The number of carbonyl (C=O) groups excluding carboxylic acids is 1. The molecular formula is C22H27N5O. The summed E-state index contributed by atoms with van der Waals surface area (Å²) in [5.41, 5.74) is 4.60. The Morgan fingerprint density at radius 2 is 1.89 bits per heavy atom. The molecule has 0 atom stereocenters. The molecule has 1 aromatic carbocycles. The van der Waals surface area contributed by atoms with Crippen molar-refractivity contribution < 1.29 is 4.79 Å². The lowest BCUT2D eigenvalue weighted by Gasteiger charge is -2.36. The summed E-state index contributed by atoms with van der Waals surface area (Å²) < 4.78 is 0. The van der Waals surface area contributed by atoms with Crippen LogP contribution in [0.1, 0.15) is 29.7 Å². The van der Waals surface area contributed by atoms with E-state index < -0.39 is 0 Å². The number of nitrogens with zero attached hydrogens (tertiary/aromatic N) is 4. The Morgan fingerprint density at radius 1 is 1.11 bits per heavy atom. The van der Waals surface area contributed by atoms with Crippen LogP contribution in [0.3, 0.4) is 0 Å². The number of anilines is 1. The lowest BCUT2D eigenvalue weighted by Crippen LogP contribution is -2.49. The van der Waals surface area contributed by atoms with E-state index in [4.69, 9.17) is 0 Å². The SMILES string of the molecule is Cc1ncnc(N2CCN(C(=O)CCCc3c[nH]c4ccccc34)CC2)c1C. The van der Waals surface area contributed by atoms with Crippen LogP contribution in [-0.4, -0.2) is 51.9 Å². The molecule has 0 unspecified atom stereocenters. The molecule has 28 heavy (non-hydrogen) atoms. The van der Waals surface area contributed by atoms with E-state index in [1.807, 2.05) is 17.9 Å². The summed E-state index contributed by atoms with van der Waals surface area (Å²) in [5.74, 6) is 1.26. The molecular weight excluding hydrogens is 350 g/mol. The standard InChI is InChI=1S/C22H27N5O/c1-16-17(2)24-15-25-22(16)27-12-10-26(11-13-27)21(28)9-5-6-18-14-23-20-8-4-3-7-19(18)20/h3-4,7-8,14-15,23H,5-6,9-13H2,1-2H3. The van der Waals surface area contributed by atoms with Crippen LogP contribution < -0.4 is 4.90 Å². The Bertz CT molecular complexity index is 972. The quantitative estimate of drug-likeness (QED) is 0.741. The Hall–Kier alpha value is -2.89. The minimum absolute atomic E-state index is 0.259. The zero-order chi connectivity index (χ0) is 19.5. The third-order valence-electron chi connectivity index (χ3n) is 5.75.